The van der Waals surface area contributed by atoms with Crippen LogP contribution in [0.1, 0.15) is 51.7 Å². The third-order valence-electron chi connectivity index (χ3n) is 8.24. The molecule has 0 bridgehead atoms. The van der Waals surface area contributed by atoms with Gasteiger partial charge >= 0.3 is 20.1 Å². The van der Waals surface area contributed by atoms with Crippen molar-refractivity contribution in [2.75, 3.05) is 11.9 Å². The number of aryl methyl sites for hydroxylation is 1. The second-order valence-corrected chi connectivity index (χ2v) is 11.7. The molecule has 0 atom stereocenters. The molecule has 5 aromatic rings. The number of hydrogen-bond donors (Lipinski definition) is 0. The van der Waals surface area contributed by atoms with E-state index in [1.54, 1.807) is 6.20 Å². The van der Waals surface area contributed by atoms with Crippen LogP contribution in [0.2, 0.25) is 0 Å². The molecule has 3 aromatic carbocycles. The fourth-order valence-corrected chi connectivity index (χ4v) is 5.82. The van der Waals surface area contributed by atoms with Crippen molar-refractivity contribution in [2.24, 2.45) is 7.05 Å². The zero-order valence-electron chi connectivity index (χ0n) is 23.5. The summed E-state index contributed by atoms with van der Waals surface area (Å²) in [5.41, 5.74) is 11.2. The number of pyridine rings is 1. The van der Waals surface area contributed by atoms with Gasteiger partial charge in [-0.25, -0.2) is 0 Å². The molecule has 1 aliphatic heterocycles. The first-order valence-corrected chi connectivity index (χ1v) is 13.3. The average molecular weight is 691 g/mol. The van der Waals surface area contributed by atoms with Crippen LogP contribution >= 0.6 is 0 Å². The Kier molecular flexibility index (Phi) is 7.03. The molecular weight excluding hydrogens is 657 g/mol. The number of rotatable bonds is 1. The summed E-state index contributed by atoms with van der Waals surface area (Å²) >= 11 is 0. The largest absolute Gasteiger partial charge is 3.00 e. The monoisotopic (exact) mass is 691 g/mol. The maximum Gasteiger partial charge on any atom is 3.00 e. The second kappa shape index (κ2) is 10.0. The van der Waals surface area contributed by atoms with Gasteiger partial charge in [0.1, 0.15) is 0 Å². The van der Waals surface area contributed by atoms with Gasteiger partial charge in [-0.05, 0) is 42.4 Å². The van der Waals surface area contributed by atoms with Crippen LogP contribution in [0, 0.1) is 18.5 Å². The molecule has 0 saturated carbocycles. The topological polar surface area (TPSA) is 24.9 Å². The summed E-state index contributed by atoms with van der Waals surface area (Å²) in [7, 11) is 4.24. The van der Waals surface area contributed by atoms with Gasteiger partial charge in [-0.15, -0.1) is 41.5 Å². The smallest absolute Gasteiger partial charge is 0.407 e. The number of nitrogens with zero attached hydrogens (tertiary/aromatic N) is 4. The van der Waals surface area contributed by atoms with Crippen molar-refractivity contribution in [1.29, 1.82) is 0 Å². The Labute approximate surface area is 245 Å². The summed E-state index contributed by atoms with van der Waals surface area (Å²) in [4.78, 5) is 6.54. The van der Waals surface area contributed by atoms with E-state index < -0.39 is 0 Å². The number of hydrogen-bond acceptors (Lipinski definition) is 2. The van der Waals surface area contributed by atoms with Crippen LogP contribution in [-0.2, 0) is 38.0 Å². The molecule has 0 unspecified atom stereocenters. The maximum absolute atomic E-state index is 4.22. The Hall–Kier alpha value is -3.27. The van der Waals surface area contributed by atoms with E-state index in [-0.39, 0.29) is 30.9 Å². The van der Waals surface area contributed by atoms with Gasteiger partial charge in [0.15, 0.2) is 0 Å². The fourth-order valence-electron chi connectivity index (χ4n) is 5.82. The van der Waals surface area contributed by atoms with Crippen LogP contribution in [-0.4, -0.2) is 16.6 Å². The molecule has 0 saturated heterocycles. The summed E-state index contributed by atoms with van der Waals surface area (Å²) in [5, 5.41) is 0. The van der Waals surface area contributed by atoms with E-state index in [9.17, 15) is 0 Å². The van der Waals surface area contributed by atoms with E-state index in [1.807, 2.05) is 42.5 Å². The second-order valence-electron chi connectivity index (χ2n) is 11.7. The van der Waals surface area contributed by atoms with Gasteiger partial charge in [-0.3, -0.25) is 0 Å². The SMILES string of the molecule is CN1c2cc3c([c-]c2-[n+]2[c-]n(C)c4cccc1c42)C(C)(C)CCC3(C)C.[Ir+3].[c-]1ccccc1-c1ccccn1. The standard InChI is InChI=1S/C23H26N3.C11H8N.Ir/c1-22(2)10-11-23(3,4)16-13-20-19(12-15(16)22)25(6)18-9-7-8-17-21(18)26(20)14-24(17)5;1-2-6-10(7-3-1)11-8-4-5-9-12-11;/h7-9,12H,10-11H2,1-6H3;1-6,8-9H;/q2*-1;+3. The Morgan fingerprint density at radius 1 is 0.872 bits per heavy atom. The van der Waals surface area contributed by atoms with Crippen molar-refractivity contribution < 1.29 is 24.7 Å². The molecule has 7 rings (SSSR count). The van der Waals surface area contributed by atoms with Crippen molar-refractivity contribution in [2.45, 2.75) is 51.4 Å². The van der Waals surface area contributed by atoms with Crippen molar-refractivity contribution in [1.82, 2.24) is 9.55 Å². The molecule has 5 heteroatoms. The summed E-state index contributed by atoms with van der Waals surface area (Å²) in [6.07, 6.45) is 7.71. The molecule has 4 nitrogen and oxygen atoms in total. The van der Waals surface area contributed by atoms with E-state index in [1.165, 1.54) is 46.4 Å². The number of para-hydroxylation sites is 1. The normalized spacial score (nSPS) is 15.9. The molecule has 0 spiro atoms. The van der Waals surface area contributed by atoms with Crippen LogP contribution < -0.4 is 9.47 Å². The molecule has 0 radical (unpaired) electrons. The molecule has 2 aliphatic rings. The molecule has 3 heterocycles. The van der Waals surface area contributed by atoms with Crippen molar-refractivity contribution in [3.63, 3.8) is 0 Å². The minimum absolute atomic E-state index is 0. The van der Waals surface area contributed by atoms with Gasteiger partial charge in [0, 0.05) is 11.9 Å². The van der Waals surface area contributed by atoms with Crippen molar-refractivity contribution in [3.8, 4) is 16.9 Å². The van der Waals surface area contributed by atoms with E-state index >= 15 is 0 Å². The van der Waals surface area contributed by atoms with Crippen molar-refractivity contribution >= 4 is 22.4 Å². The molecule has 39 heavy (non-hydrogen) atoms. The van der Waals surface area contributed by atoms with Gasteiger partial charge in [-0.2, -0.15) is 17.7 Å². The van der Waals surface area contributed by atoms with Crippen LogP contribution in [0.4, 0.5) is 11.4 Å². The van der Waals surface area contributed by atoms with Gasteiger partial charge in [0.2, 0.25) is 6.33 Å². The van der Waals surface area contributed by atoms with E-state index in [4.69, 9.17) is 0 Å². The van der Waals surface area contributed by atoms with Crippen molar-refractivity contribution in [3.05, 3.63) is 103 Å². The molecular formula is C34H34IrN4+. The van der Waals surface area contributed by atoms with Gasteiger partial charge in [0.05, 0.1) is 18.1 Å². The predicted octanol–water partition coefficient (Wildman–Crippen LogP) is 7.03. The molecule has 0 amide bonds. The maximum atomic E-state index is 4.22. The molecule has 1 aliphatic carbocycles. The Bertz CT molecular complexity index is 1600. The summed E-state index contributed by atoms with van der Waals surface area (Å²) in [5.74, 6) is 0. The van der Waals surface area contributed by atoms with Crippen LogP contribution in [0.5, 0.6) is 0 Å². The number of fused-ring (bicyclic) bond motifs is 3. The third kappa shape index (κ3) is 4.62. The predicted molar refractivity (Wildman–Crippen MR) is 154 cm³/mol. The molecule has 0 N–H and O–H groups in total. The van der Waals surface area contributed by atoms with E-state index in [0.29, 0.717) is 0 Å². The Morgan fingerprint density at radius 2 is 1.64 bits per heavy atom. The zero-order chi connectivity index (χ0) is 26.7. The van der Waals surface area contributed by atoms with Crippen LogP contribution in [0.15, 0.2) is 72.9 Å². The minimum atomic E-state index is 0. The number of benzene rings is 3. The third-order valence-corrected chi connectivity index (χ3v) is 8.24. The summed E-state index contributed by atoms with van der Waals surface area (Å²) in [6.45, 7) is 9.47. The Balaban J connectivity index is 0.000000200. The number of imidazole rings is 1. The van der Waals surface area contributed by atoms with E-state index in [2.05, 4.69) is 104 Å². The summed E-state index contributed by atoms with van der Waals surface area (Å²) in [6, 6.07) is 29.6. The van der Waals surface area contributed by atoms with Crippen LogP contribution in [0.3, 0.4) is 0 Å². The quantitative estimate of drug-likeness (QED) is 0.140. The average Bonchev–Trinajstić information content (AvgIpc) is 3.28. The molecule has 0 fully saturated rings. The fraction of sp³-hybridized carbons (Fsp3) is 0.294. The first-order chi connectivity index (χ1) is 18.2. The number of anilines is 2. The molecule has 2 aromatic heterocycles. The number of aromatic nitrogens is 3. The molecule has 198 valence electrons. The minimum Gasteiger partial charge on any atom is -0.407 e. The zero-order valence-corrected chi connectivity index (χ0v) is 25.9. The summed E-state index contributed by atoms with van der Waals surface area (Å²) < 4.78 is 4.29. The van der Waals surface area contributed by atoms with Gasteiger partial charge < -0.3 is 19.0 Å². The van der Waals surface area contributed by atoms with E-state index in [0.717, 1.165) is 16.9 Å². The first-order valence-electron chi connectivity index (χ1n) is 13.3. The Morgan fingerprint density at radius 3 is 2.36 bits per heavy atom. The van der Waals surface area contributed by atoms with Crippen LogP contribution in [0.25, 0.3) is 28.0 Å². The van der Waals surface area contributed by atoms with Gasteiger partial charge in [0.25, 0.3) is 0 Å². The van der Waals surface area contributed by atoms with Gasteiger partial charge in [-0.1, -0.05) is 69.5 Å². The first kappa shape index (κ1) is 27.3.